The minimum Gasteiger partial charge on any atom is -0.392 e. The highest BCUT2D eigenvalue weighted by atomic mass is 16.3. The maximum Gasteiger partial charge on any atom is 0.0681 e. The minimum atomic E-state index is 0.0562. The van der Waals surface area contributed by atoms with Crippen molar-refractivity contribution in [1.82, 2.24) is 0 Å². The summed E-state index contributed by atoms with van der Waals surface area (Å²) in [5, 5.41) is 8.80. The maximum atomic E-state index is 8.80. The van der Waals surface area contributed by atoms with Gasteiger partial charge in [0.15, 0.2) is 0 Å². The van der Waals surface area contributed by atoms with Gasteiger partial charge in [0.2, 0.25) is 0 Å². The molecule has 1 rings (SSSR count). The van der Waals surface area contributed by atoms with Gasteiger partial charge in [-0.25, -0.2) is 0 Å². The Kier molecular flexibility index (Phi) is 4.31. The van der Waals surface area contributed by atoms with E-state index < -0.39 is 0 Å². The second-order valence-corrected chi connectivity index (χ2v) is 2.61. The molecule has 0 aliphatic carbocycles. The average molecular weight is 185 g/mol. The summed E-state index contributed by atoms with van der Waals surface area (Å²) in [5.41, 5.74) is 6.94. The molecule has 2 nitrogen and oxygen atoms in total. The summed E-state index contributed by atoms with van der Waals surface area (Å²) < 4.78 is 0. The van der Waals surface area contributed by atoms with Crippen molar-refractivity contribution in [3.63, 3.8) is 0 Å². The van der Waals surface area contributed by atoms with Crippen molar-refractivity contribution in [2.45, 2.75) is 6.61 Å². The van der Waals surface area contributed by atoms with Crippen LogP contribution in [0.4, 0.5) is 0 Å². The van der Waals surface area contributed by atoms with Crippen LogP contribution in [0.1, 0.15) is 11.1 Å². The Balaban J connectivity index is 2.71. The number of rotatable bonds is 1. The molecular formula is C12H11NO. The highest BCUT2D eigenvalue weighted by Crippen LogP contribution is 2.02. The van der Waals surface area contributed by atoms with Crippen LogP contribution in [0.2, 0.25) is 0 Å². The third kappa shape index (κ3) is 3.33. The molecule has 0 aromatic heterocycles. The minimum absolute atomic E-state index is 0.0562. The smallest absolute Gasteiger partial charge is 0.0681 e. The Labute approximate surface area is 83.8 Å². The van der Waals surface area contributed by atoms with E-state index in [-0.39, 0.29) is 6.61 Å². The Morgan fingerprint density at radius 3 is 2.43 bits per heavy atom. The van der Waals surface area contributed by atoms with Gasteiger partial charge in [0.05, 0.1) is 13.2 Å². The summed E-state index contributed by atoms with van der Waals surface area (Å²) in [5.74, 6) is 10.8. The van der Waals surface area contributed by atoms with Crippen LogP contribution in [-0.4, -0.2) is 11.7 Å². The molecular weight excluding hydrogens is 174 g/mol. The monoisotopic (exact) mass is 185 g/mol. The third-order valence-electron chi connectivity index (χ3n) is 1.60. The van der Waals surface area contributed by atoms with Crippen molar-refractivity contribution < 1.29 is 5.11 Å². The molecule has 0 amide bonds. The lowest BCUT2D eigenvalue weighted by atomic mass is 10.1. The van der Waals surface area contributed by atoms with E-state index in [1.165, 1.54) is 0 Å². The van der Waals surface area contributed by atoms with E-state index in [0.717, 1.165) is 11.1 Å². The number of hydrogen-bond donors (Lipinski definition) is 2. The highest BCUT2D eigenvalue weighted by molar-refractivity contribution is 5.40. The summed E-state index contributed by atoms with van der Waals surface area (Å²) in [7, 11) is 0. The van der Waals surface area contributed by atoms with Crippen LogP contribution in [0.3, 0.4) is 0 Å². The predicted octanol–water partition coefficient (Wildman–Crippen LogP) is 0.493. The molecule has 0 saturated heterocycles. The van der Waals surface area contributed by atoms with E-state index in [0.29, 0.717) is 6.54 Å². The van der Waals surface area contributed by atoms with E-state index >= 15 is 0 Å². The van der Waals surface area contributed by atoms with Crippen molar-refractivity contribution in [2.24, 2.45) is 5.73 Å². The zero-order valence-electron chi connectivity index (χ0n) is 7.75. The van der Waals surface area contributed by atoms with Crippen LogP contribution in [0.15, 0.2) is 24.3 Å². The fraction of sp³-hybridized carbons (Fsp3) is 0.167. The molecule has 3 N–H and O–H groups in total. The zero-order valence-corrected chi connectivity index (χ0v) is 7.75. The van der Waals surface area contributed by atoms with Crippen molar-refractivity contribution >= 4 is 0 Å². The number of benzene rings is 1. The zero-order chi connectivity index (χ0) is 10.2. The fourth-order valence-electron chi connectivity index (χ4n) is 0.892. The lowest BCUT2D eigenvalue weighted by Crippen LogP contribution is -1.92. The Bertz CT molecular complexity index is 398. The summed E-state index contributed by atoms with van der Waals surface area (Å²) in [6.07, 6.45) is 0. The molecule has 0 fully saturated rings. The normalized spacial score (nSPS) is 8.14. The molecule has 70 valence electrons. The Morgan fingerprint density at radius 1 is 1.14 bits per heavy atom. The summed E-state index contributed by atoms with van der Waals surface area (Å²) in [4.78, 5) is 0. The van der Waals surface area contributed by atoms with Gasteiger partial charge < -0.3 is 10.8 Å². The van der Waals surface area contributed by atoms with E-state index in [2.05, 4.69) is 23.7 Å². The molecule has 2 heteroatoms. The van der Waals surface area contributed by atoms with Crippen LogP contribution in [0, 0.1) is 23.7 Å². The highest BCUT2D eigenvalue weighted by Gasteiger charge is 1.88. The van der Waals surface area contributed by atoms with Gasteiger partial charge in [0, 0.05) is 5.56 Å². The van der Waals surface area contributed by atoms with Crippen LogP contribution in [-0.2, 0) is 6.61 Å². The maximum absolute atomic E-state index is 8.80. The van der Waals surface area contributed by atoms with Crippen molar-refractivity contribution in [3.05, 3.63) is 35.4 Å². The molecule has 0 spiro atoms. The standard InChI is InChI=1S/C12H11NO/c13-9-3-1-2-4-11-5-7-12(10-14)8-6-11/h5-8,14H,9-10,13H2. The SMILES string of the molecule is NCC#CC#Cc1ccc(CO)cc1. The molecule has 0 aliphatic rings. The Morgan fingerprint density at radius 2 is 1.86 bits per heavy atom. The number of nitrogens with two attached hydrogens (primary N) is 1. The second kappa shape index (κ2) is 5.83. The van der Waals surface area contributed by atoms with Gasteiger partial charge in [-0.1, -0.05) is 24.0 Å². The topological polar surface area (TPSA) is 46.2 Å². The molecule has 1 aromatic carbocycles. The van der Waals surface area contributed by atoms with Gasteiger partial charge >= 0.3 is 0 Å². The lowest BCUT2D eigenvalue weighted by Gasteiger charge is -1.93. The van der Waals surface area contributed by atoms with E-state index in [1.54, 1.807) is 0 Å². The number of aliphatic hydroxyl groups is 1. The average Bonchev–Trinajstić information content (AvgIpc) is 2.25. The van der Waals surface area contributed by atoms with E-state index in [9.17, 15) is 0 Å². The Hall–Kier alpha value is -1.74. The third-order valence-corrected chi connectivity index (χ3v) is 1.60. The van der Waals surface area contributed by atoms with Crippen molar-refractivity contribution in [3.8, 4) is 23.7 Å². The van der Waals surface area contributed by atoms with E-state index in [1.807, 2.05) is 24.3 Å². The molecule has 0 aliphatic heterocycles. The van der Waals surface area contributed by atoms with Crippen molar-refractivity contribution in [1.29, 1.82) is 0 Å². The molecule has 0 saturated carbocycles. The first-order chi connectivity index (χ1) is 6.86. The molecule has 0 heterocycles. The number of hydrogen-bond acceptors (Lipinski definition) is 2. The van der Waals surface area contributed by atoms with Crippen LogP contribution in [0.5, 0.6) is 0 Å². The second-order valence-electron chi connectivity index (χ2n) is 2.61. The largest absolute Gasteiger partial charge is 0.392 e. The van der Waals surface area contributed by atoms with Crippen LogP contribution < -0.4 is 5.73 Å². The summed E-state index contributed by atoms with van der Waals surface area (Å²) in [6.45, 7) is 0.388. The quantitative estimate of drug-likeness (QED) is 0.625. The summed E-state index contributed by atoms with van der Waals surface area (Å²) >= 11 is 0. The first-order valence-electron chi connectivity index (χ1n) is 4.25. The molecule has 14 heavy (non-hydrogen) atoms. The molecule has 1 aromatic rings. The van der Waals surface area contributed by atoms with Gasteiger partial charge in [-0.15, -0.1) is 0 Å². The molecule has 0 radical (unpaired) electrons. The van der Waals surface area contributed by atoms with Crippen LogP contribution >= 0.6 is 0 Å². The van der Waals surface area contributed by atoms with Gasteiger partial charge in [-0.05, 0) is 29.5 Å². The van der Waals surface area contributed by atoms with Crippen molar-refractivity contribution in [2.75, 3.05) is 6.54 Å². The van der Waals surface area contributed by atoms with Gasteiger partial charge in [-0.3, -0.25) is 0 Å². The number of aliphatic hydroxyl groups excluding tert-OH is 1. The van der Waals surface area contributed by atoms with Gasteiger partial charge in [-0.2, -0.15) is 0 Å². The van der Waals surface area contributed by atoms with E-state index in [4.69, 9.17) is 10.8 Å². The first-order valence-corrected chi connectivity index (χ1v) is 4.25. The molecule has 0 bridgehead atoms. The lowest BCUT2D eigenvalue weighted by molar-refractivity contribution is 0.282. The van der Waals surface area contributed by atoms with Gasteiger partial charge in [0.25, 0.3) is 0 Å². The molecule has 0 unspecified atom stereocenters. The summed E-state index contributed by atoms with van der Waals surface area (Å²) in [6, 6.07) is 7.37. The predicted molar refractivity (Wildman–Crippen MR) is 56.1 cm³/mol. The van der Waals surface area contributed by atoms with Gasteiger partial charge in [0.1, 0.15) is 0 Å². The van der Waals surface area contributed by atoms with Crippen LogP contribution in [0.25, 0.3) is 0 Å². The fourth-order valence-corrected chi connectivity index (χ4v) is 0.892. The first kappa shape index (κ1) is 10.3. The molecule has 0 atom stereocenters.